The van der Waals surface area contributed by atoms with Crippen LogP contribution in [-0.2, 0) is 14.3 Å². The van der Waals surface area contributed by atoms with E-state index in [0.717, 1.165) is 22.3 Å². The highest BCUT2D eigenvalue weighted by Crippen LogP contribution is 2.44. The number of carbonyl (C=O) groups is 3. The van der Waals surface area contributed by atoms with Gasteiger partial charge >= 0.3 is 12.1 Å². The number of carboxylic acids is 1. The molecule has 0 aromatic heterocycles. The van der Waals surface area contributed by atoms with Crippen molar-refractivity contribution in [1.29, 1.82) is 5.41 Å². The van der Waals surface area contributed by atoms with Crippen LogP contribution in [0.3, 0.4) is 0 Å². The van der Waals surface area contributed by atoms with E-state index >= 15 is 0 Å². The second-order valence-corrected chi connectivity index (χ2v) is 8.07. The summed E-state index contributed by atoms with van der Waals surface area (Å²) in [5.41, 5.74) is 9.55. The van der Waals surface area contributed by atoms with Gasteiger partial charge in [-0.15, -0.1) is 0 Å². The molecule has 0 fully saturated rings. The number of fused-ring (bicyclic) bond motifs is 3. The van der Waals surface area contributed by atoms with Crippen LogP contribution in [0.15, 0.2) is 48.5 Å². The van der Waals surface area contributed by atoms with Gasteiger partial charge < -0.3 is 31.5 Å². The standard InChI is InChI=1S/C24H29N5O5/c1-14(21(30)29-20(22(31)32)11-6-12-27-23(25)26)28-24(33)34-13-19-17-9-4-2-7-15(17)16-8-3-5-10-18(16)19/h2-5,7-10,14,19-20H,6,11-13H2,1H3,(H,28,33)(H,29,30)(H,31,32)(H4,25,26,27)/t14-,20-/m0/s1. The lowest BCUT2D eigenvalue weighted by molar-refractivity contribution is -0.142. The molecular weight excluding hydrogens is 438 g/mol. The Labute approximate surface area is 197 Å². The Morgan fingerprint density at radius 1 is 1.06 bits per heavy atom. The molecular formula is C24H29N5O5. The minimum Gasteiger partial charge on any atom is -0.480 e. The maximum atomic E-state index is 12.4. The van der Waals surface area contributed by atoms with Gasteiger partial charge in [0, 0.05) is 12.5 Å². The smallest absolute Gasteiger partial charge is 0.407 e. The number of nitrogens with two attached hydrogens (primary N) is 1. The fourth-order valence-corrected chi connectivity index (χ4v) is 3.97. The van der Waals surface area contributed by atoms with E-state index in [-0.39, 0.29) is 24.9 Å². The van der Waals surface area contributed by atoms with Crippen LogP contribution in [0.5, 0.6) is 0 Å². The first-order valence-corrected chi connectivity index (χ1v) is 11.0. The number of ether oxygens (including phenoxy) is 1. The first-order chi connectivity index (χ1) is 16.3. The molecule has 2 aromatic rings. The van der Waals surface area contributed by atoms with Gasteiger partial charge in [0.2, 0.25) is 5.91 Å². The highest BCUT2D eigenvalue weighted by atomic mass is 16.5. The molecule has 0 unspecified atom stereocenters. The van der Waals surface area contributed by atoms with E-state index in [1.807, 2.05) is 48.5 Å². The normalized spacial score (nSPS) is 13.7. The number of benzene rings is 2. The number of carbonyl (C=O) groups excluding carboxylic acids is 2. The SMILES string of the molecule is C[C@H](NC(=O)OCC1c2ccccc2-c2ccccc21)C(=O)N[C@@H](CCCNC(=N)N)C(=O)O. The second kappa shape index (κ2) is 11.2. The second-order valence-electron chi connectivity index (χ2n) is 8.07. The fraction of sp³-hybridized carbons (Fsp3) is 0.333. The first kappa shape index (κ1) is 24.6. The Bertz CT molecular complexity index is 1030. The monoisotopic (exact) mass is 467 g/mol. The number of nitrogens with one attached hydrogen (secondary N) is 4. The molecule has 0 bridgehead atoms. The summed E-state index contributed by atoms with van der Waals surface area (Å²) in [5.74, 6) is -2.15. The van der Waals surface area contributed by atoms with Gasteiger partial charge in [0.1, 0.15) is 18.7 Å². The third-order valence-electron chi connectivity index (χ3n) is 5.67. The van der Waals surface area contributed by atoms with Crippen molar-refractivity contribution in [2.75, 3.05) is 13.2 Å². The third kappa shape index (κ3) is 6.03. The van der Waals surface area contributed by atoms with Gasteiger partial charge in [-0.1, -0.05) is 48.5 Å². The highest BCUT2D eigenvalue weighted by molar-refractivity contribution is 5.89. The highest BCUT2D eigenvalue weighted by Gasteiger charge is 2.29. The maximum Gasteiger partial charge on any atom is 0.407 e. The van der Waals surface area contributed by atoms with Gasteiger partial charge in [-0.25, -0.2) is 9.59 Å². The van der Waals surface area contributed by atoms with Crippen LogP contribution in [0.2, 0.25) is 0 Å². The average Bonchev–Trinajstić information content (AvgIpc) is 3.13. The Kier molecular flexibility index (Phi) is 8.07. The zero-order valence-corrected chi connectivity index (χ0v) is 18.8. The summed E-state index contributed by atoms with van der Waals surface area (Å²) < 4.78 is 5.43. The molecule has 1 aliphatic carbocycles. The molecule has 0 spiro atoms. The van der Waals surface area contributed by atoms with Crippen LogP contribution in [0, 0.1) is 5.41 Å². The van der Waals surface area contributed by atoms with Gasteiger partial charge in [-0.2, -0.15) is 0 Å². The molecule has 2 amide bonds. The van der Waals surface area contributed by atoms with Crippen LogP contribution in [0.4, 0.5) is 4.79 Å². The minimum atomic E-state index is -1.19. The van der Waals surface area contributed by atoms with Crippen LogP contribution < -0.4 is 21.7 Å². The molecule has 180 valence electrons. The minimum absolute atomic E-state index is 0.106. The molecule has 0 heterocycles. The maximum absolute atomic E-state index is 12.4. The van der Waals surface area contributed by atoms with E-state index in [9.17, 15) is 19.5 Å². The third-order valence-corrected chi connectivity index (χ3v) is 5.67. The fourth-order valence-electron chi connectivity index (χ4n) is 3.97. The topological polar surface area (TPSA) is 167 Å². The zero-order valence-electron chi connectivity index (χ0n) is 18.8. The molecule has 0 saturated heterocycles. The Morgan fingerprint density at radius 2 is 1.65 bits per heavy atom. The lowest BCUT2D eigenvalue weighted by Gasteiger charge is -2.19. The summed E-state index contributed by atoms with van der Waals surface area (Å²) in [6, 6.07) is 13.8. The summed E-state index contributed by atoms with van der Waals surface area (Å²) in [5, 5.41) is 23.9. The predicted octanol–water partition coefficient (Wildman–Crippen LogP) is 1.75. The van der Waals surface area contributed by atoms with E-state index in [4.69, 9.17) is 15.9 Å². The van der Waals surface area contributed by atoms with Gasteiger partial charge in [-0.05, 0) is 42.0 Å². The predicted molar refractivity (Wildman–Crippen MR) is 126 cm³/mol. The van der Waals surface area contributed by atoms with E-state index in [2.05, 4.69) is 16.0 Å². The van der Waals surface area contributed by atoms with E-state index in [0.29, 0.717) is 13.0 Å². The van der Waals surface area contributed by atoms with Gasteiger partial charge in [0.05, 0.1) is 0 Å². The molecule has 0 radical (unpaired) electrons. The molecule has 0 aliphatic heterocycles. The molecule has 10 nitrogen and oxygen atoms in total. The van der Waals surface area contributed by atoms with Gasteiger partial charge in [-0.3, -0.25) is 10.2 Å². The molecule has 3 rings (SSSR count). The van der Waals surface area contributed by atoms with Crippen molar-refractivity contribution < 1.29 is 24.2 Å². The molecule has 0 saturated carbocycles. The van der Waals surface area contributed by atoms with Gasteiger partial charge in [0.15, 0.2) is 5.96 Å². The summed E-state index contributed by atoms with van der Waals surface area (Å²) >= 11 is 0. The van der Waals surface area contributed by atoms with Crippen molar-refractivity contribution >= 4 is 23.9 Å². The molecule has 34 heavy (non-hydrogen) atoms. The molecule has 1 aliphatic rings. The van der Waals surface area contributed by atoms with Crippen molar-refractivity contribution in [3.05, 3.63) is 59.7 Å². The Hall–Kier alpha value is -4.08. The number of hydrogen-bond donors (Lipinski definition) is 6. The van der Waals surface area contributed by atoms with E-state index in [1.165, 1.54) is 6.92 Å². The van der Waals surface area contributed by atoms with Gasteiger partial charge in [0.25, 0.3) is 0 Å². The van der Waals surface area contributed by atoms with Crippen molar-refractivity contribution in [3.8, 4) is 11.1 Å². The van der Waals surface area contributed by atoms with E-state index in [1.54, 1.807) is 0 Å². The lowest BCUT2D eigenvalue weighted by atomic mass is 9.98. The summed E-state index contributed by atoms with van der Waals surface area (Å²) in [7, 11) is 0. The number of amides is 2. The molecule has 10 heteroatoms. The average molecular weight is 468 g/mol. The van der Waals surface area contributed by atoms with Crippen LogP contribution in [-0.4, -0.2) is 54.3 Å². The quantitative estimate of drug-likeness (QED) is 0.176. The number of carboxylic acid groups (broad SMARTS) is 1. The number of rotatable bonds is 10. The van der Waals surface area contributed by atoms with Crippen molar-refractivity contribution in [2.24, 2.45) is 5.73 Å². The lowest BCUT2D eigenvalue weighted by Crippen LogP contribution is -2.50. The summed E-state index contributed by atoms with van der Waals surface area (Å²) in [6.45, 7) is 1.87. The van der Waals surface area contributed by atoms with Crippen LogP contribution >= 0.6 is 0 Å². The summed E-state index contributed by atoms with van der Waals surface area (Å²) in [4.78, 5) is 36.2. The Balaban J connectivity index is 1.51. The molecule has 7 N–H and O–H groups in total. The Morgan fingerprint density at radius 3 is 2.21 bits per heavy atom. The van der Waals surface area contributed by atoms with Crippen LogP contribution in [0.25, 0.3) is 11.1 Å². The number of hydrogen-bond acceptors (Lipinski definition) is 5. The largest absolute Gasteiger partial charge is 0.480 e. The first-order valence-electron chi connectivity index (χ1n) is 11.0. The van der Waals surface area contributed by atoms with Crippen LogP contribution in [0.1, 0.15) is 36.8 Å². The van der Waals surface area contributed by atoms with Crippen molar-refractivity contribution in [2.45, 2.75) is 37.8 Å². The summed E-state index contributed by atoms with van der Waals surface area (Å²) in [6.07, 6.45) is -0.244. The molecule has 2 atom stereocenters. The molecule has 2 aromatic carbocycles. The number of alkyl carbamates (subject to hydrolysis) is 1. The number of aliphatic carboxylic acids is 1. The van der Waals surface area contributed by atoms with E-state index < -0.39 is 30.1 Å². The van der Waals surface area contributed by atoms with Crippen molar-refractivity contribution in [1.82, 2.24) is 16.0 Å². The zero-order chi connectivity index (χ0) is 24.7. The van der Waals surface area contributed by atoms with Crippen molar-refractivity contribution in [3.63, 3.8) is 0 Å². The number of guanidine groups is 1.